The van der Waals surface area contributed by atoms with Crippen molar-refractivity contribution in [1.82, 2.24) is 0 Å². The van der Waals surface area contributed by atoms with Crippen LogP contribution < -0.4 is 4.74 Å². The van der Waals surface area contributed by atoms with Crippen molar-refractivity contribution in [2.24, 2.45) is 0 Å². The molecule has 0 heterocycles. The summed E-state index contributed by atoms with van der Waals surface area (Å²) in [5.41, 5.74) is 0. The Bertz CT molecular complexity index is 313. The molecule has 0 saturated heterocycles. The lowest BCUT2D eigenvalue weighted by molar-refractivity contribution is -0.149. The third-order valence-corrected chi connectivity index (χ3v) is 2.85. The third-order valence-electron chi connectivity index (χ3n) is 2.09. The van der Waals surface area contributed by atoms with Gasteiger partial charge in [0.1, 0.15) is 5.75 Å². The van der Waals surface area contributed by atoms with Crippen molar-refractivity contribution in [3.05, 3.63) is 30.3 Å². The molecule has 0 N–H and O–H groups in total. The number of ether oxygens (including phenoxy) is 2. The summed E-state index contributed by atoms with van der Waals surface area (Å²) in [5, 5.41) is 0. The Balaban J connectivity index is 2.59. The molecule has 1 unspecified atom stereocenters. The van der Waals surface area contributed by atoms with Crippen molar-refractivity contribution < 1.29 is 14.3 Å². The lowest BCUT2D eigenvalue weighted by atomic mass is 10.2. The van der Waals surface area contributed by atoms with Crippen LogP contribution in [0.5, 0.6) is 5.75 Å². The zero-order chi connectivity index (χ0) is 11.8. The summed E-state index contributed by atoms with van der Waals surface area (Å²) in [6, 6.07) is 9.33. The standard InChI is InChI=1S/C12H15IO3/c1-15-12(14)11(8-5-9-13)16-10-6-3-2-4-7-10/h2-4,6-7,11H,5,8-9H2,1H3. The van der Waals surface area contributed by atoms with Crippen LogP contribution in [-0.2, 0) is 9.53 Å². The molecule has 1 aromatic carbocycles. The number of rotatable bonds is 6. The Kier molecular flexibility index (Phi) is 6.22. The number of alkyl halides is 1. The highest BCUT2D eigenvalue weighted by atomic mass is 127. The van der Waals surface area contributed by atoms with Crippen LogP contribution in [0.2, 0.25) is 0 Å². The predicted molar refractivity (Wildman–Crippen MR) is 71.0 cm³/mol. The fourth-order valence-electron chi connectivity index (χ4n) is 1.28. The van der Waals surface area contributed by atoms with E-state index < -0.39 is 6.10 Å². The molecule has 1 atom stereocenters. The van der Waals surface area contributed by atoms with Crippen LogP contribution in [-0.4, -0.2) is 23.6 Å². The lowest BCUT2D eigenvalue weighted by Gasteiger charge is -2.16. The summed E-state index contributed by atoms with van der Waals surface area (Å²) in [4.78, 5) is 11.5. The lowest BCUT2D eigenvalue weighted by Crippen LogP contribution is -2.28. The largest absolute Gasteiger partial charge is 0.479 e. The summed E-state index contributed by atoms with van der Waals surface area (Å²) in [6.07, 6.45) is 1.12. The summed E-state index contributed by atoms with van der Waals surface area (Å²) in [5.74, 6) is 0.389. The molecule has 0 amide bonds. The van der Waals surface area contributed by atoms with Crippen LogP contribution in [0.25, 0.3) is 0 Å². The van der Waals surface area contributed by atoms with E-state index in [2.05, 4.69) is 22.6 Å². The number of hydrogen-bond donors (Lipinski definition) is 0. The highest BCUT2D eigenvalue weighted by Crippen LogP contribution is 2.14. The molecular weight excluding hydrogens is 319 g/mol. The smallest absolute Gasteiger partial charge is 0.347 e. The maximum absolute atomic E-state index is 11.5. The van der Waals surface area contributed by atoms with Gasteiger partial charge in [0, 0.05) is 0 Å². The second-order valence-corrected chi connectivity index (χ2v) is 4.35. The van der Waals surface area contributed by atoms with Gasteiger partial charge in [-0.1, -0.05) is 40.8 Å². The first-order valence-electron chi connectivity index (χ1n) is 5.13. The van der Waals surface area contributed by atoms with Gasteiger partial charge in [-0.15, -0.1) is 0 Å². The van der Waals surface area contributed by atoms with Crippen LogP contribution in [0.3, 0.4) is 0 Å². The van der Waals surface area contributed by atoms with E-state index in [0.717, 1.165) is 10.8 Å². The number of carbonyl (C=O) groups excluding carboxylic acids is 1. The molecule has 0 aliphatic carbocycles. The van der Waals surface area contributed by atoms with Gasteiger partial charge < -0.3 is 9.47 Å². The second kappa shape index (κ2) is 7.49. The highest BCUT2D eigenvalue weighted by Gasteiger charge is 2.20. The summed E-state index contributed by atoms with van der Waals surface area (Å²) < 4.78 is 11.3. The first-order valence-corrected chi connectivity index (χ1v) is 6.66. The molecule has 0 spiro atoms. The first-order chi connectivity index (χ1) is 7.77. The SMILES string of the molecule is COC(=O)C(CCCI)Oc1ccccc1. The molecule has 3 nitrogen and oxygen atoms in total. The fourth-order valence-corrected chi connectivity index (χ4v) is 1.72. The number of methoxy groups -OCH3 is 1. The molecule has 0 aliphatic rings. The van der Waals surface area contributed by atoms with E-state index in [9.17, 15) is 4.79 Å². The summed E-state index contributed by atoms with van der Waals surface area (Å²) in [6.45, 7) is 0. The first kappa shape index (κ1) is 13.3. The Morgan fingerprint density at radius 3 is 2.62 bits per heavy atom. The van der Waals surface area contributed by atoms with E-state index in [1.54, 1.807) is 0 Å². The van der Waals surface area contributed by atoms with Crippen LogP contribution in [0.1, 0.15) is 12.8 Å². The number of esters is 1. The van der Waals surface area contributed by atoms with E-state index in [0.29, 0.717) is 12.2 Å². The molecule has 0 aromatic heterocycles. The minimum atomic E-state index is -0.498. The monoisotopic (exact) mass is 334 g/mol. The van der Waals surface area contributed by atoms with E-state index in [1.807, 2.05) is 30.3 Å². The quantitative estimate of drug-likeness (QED) is 0.456. The van der Waals surface area contributed by atoms with Crippen molar-refractivity contribution >= 4 is 28.6 Å². The molecule has 1 rings (SSSR count). The average Bonchev–Trinajstić information content (AvgIpc) is 2.34. The van der Waals surface area contributed by atoms with Gasteiger partial charge in [0.25, 0.3) is 0 Å². The zero-order valence-corrected chi connectivity index (χ0v) is 11.3. The number of carbonyl (C=O) groups is 1. The van der Waals surface area contributed by atoms with Crippen molar-refractivity contribution in [2.45, 2.75) is 18.9 Å². The normalized spacial score (nSPS) is 11.9. The van der Waals surface area contributed by atoms with E-state index >= 15 is 0 Å². The fraction of sp³-hybridized carbons (Fsp3) is 0.417. The van der Waals surface area contributed by atoms with Crippen LogP contribution >= 0.6 is 22.6 Å². The van der Waals surface area contributed by atoms with Gasteiger partial charge in [0.2, 0.25) is 0 Å². The minimum absolute atomic E-state index is 0.311. The highest BCUT2D eigenvalue weighted by molar-refractivity contribution is 14.1. The topological polar surface area (TPSA) is 35.5 Å². The van der Waals surface area contributed by atoms with Gasteiger partial charge in [-0.2, -0.15) is 0 Å². The molecule has 0 radical (unpaired) electrons. The summed E-state index contributed by atoms with van der Waals surface area (Å²) >= 11 is 2.28. The molecule has 0 bridgehead atoms. The van der Waals surface area contributed by atoms with Crippen LogP contribution in [0, 0.1) is 0 Å². The van der Waals surface area contributed by atoms with Crippen molar-refractivity contribution in [3.63, 3.8) is 0 Å². The molecule has 88 valence electrons. The van der Waals surface area contributed by atoms with Crippen molar-refractivity contribution in [3.8, 4) is 5.75 Å². The van der Waals surface area contributed by atoms with E-state index in [4.69, 9.17) is 9.47 Å². The Morgan fingerprint density at radius 2 is 2.06 bits per heavy atom. The Labute approximate surface area is 109 Å². The van der Waals surface area contributed by atoms with Crippen molar-refractivity contribution in [1.29, 1.82) is 0 Å². The third kappa shape index (κ3) is 4.38. The van der Waals surface area contributed by atoms with Gasteiger partial charge in [0.05, 0.1) is 7.11 Å². The van der Waals surface area contributed by atoms with Crippen LogP contribution in [0.15, 0.2) is 30.3 Å². The number of hydrogen-bond acceptors (Lipinski definition) is 3. The number of para-hydroxylation sites is 1. The van der Waals surface area contributed by atoms with E-state index in [1.165, 1.54) is 7.11 Å². The Morgan fingerprint density at radius 1 is 1.38 bits per heavy atom. The minimum Gasteiger partial charge on any atom is -0.479 e. The summed E-state index contributed by atoms with van der Waals surface area (Å²) in [7, 11) is 1.38. The molecular formula is C12H15IO3. The molecule has 16 heavy (non-hydrogen) atoms. The van der Waals surface area contributed by atoms with Gasteiger partial charge in [0.15, 0.2) is 6.10 Å². The second-order valence-electron chi connectivity index (χ2n) is 3.27. The predicted octanol–water partition coefficient (Wildman–Crippen LogP) is 2.82. The maximum Gasteiger partial charge on any atom is 0.347 e. The van der Waals surface area contributed by atoms with Gasteiger partial charge in [-0.3, -0.25) is 0 Å². The molecule has 1 aromatic rings. The Hall–Kier alpha value is -0.780. The molecule has 0 fully saturated rings. The van der Waals surface area contributed by atoms with Gasteiger partial charge in [-0.25, -0.2) is 4.79 Å². The van der Waals surface area contributed by atoms with Crippen molar-refractivity contribution in [2.75, 3.05) is 11.5 Å². The van der Waals surface area contributed by atoms with Gasteiger partial charge in [-0.05, 0) is 29.4 Å². The average molecular weight is 334 g/mol. The number of benzene rings is 1. The maximum atomic E-state index is 11.5. The molecule has 0 saturated carbocycles. The zero-order valence-electron chi connectivity index (χ0n) is 9.19. The number of halogens is 1. The van der Waals surface area contributed by atoms with Gasteiger partial charge >= 0.3 is 5.97 Å². The molecule has 0 aliphatic heterocycles. The molecule has 4 heteroatoms. The van der Waals surface area contributed by atoms with Crippen LogP contribution in [0.4, 0.5) is 0 Å². The van der Waals surface area contributed by atoms with E-state index in [-0.39, 0.29) is 5.97 Å².